The van der Waals surface area contributed by atoms with E-state index in [2.05, 4.69) is 5.32 Å². The first-order chi connectivity index (χ1) is 19.4. The Bertz CT molecular complexity index is 1040. The number of aliphatic carboxylic acids is 1. The Balaban J connectivity index is 2.98. The lowest BCUT2D eigenvalue weighted by Gasteiger charge is -2.20. The average Bonchev–Trinajstić information content (AvgIpc) is 2.87. The van der Waals surface area contributed by atoms with Crippen molar-refractivity contribution in [2.24, 2.45) is 16.7 Å². The summed E-state index contributed by atoms with van der Waals surface area (Å²) in [4.78, 5) is 48.5. The second-order valence-corrected chi connectivity index (χ2v) is 12.7. The molecule has 1 rings (SSSR count). The Morgan fingerprint density at radius 1 is 0.833 bits per heavy atom. The molecule has 1 aromatic rings. The van der Waals surface area contributed by atoms with Crippen LogP contribution in [0, 0.1) is 16.7 Å². The summed E-state index contributed by atoms with van der Waals surface area (Å²) >= 11 is 0. The molecule has 1 aromatic carbocycles. The van der Waals surface area contributed by atoms with Crippen LogP contribution in [0.5, 0.6) is 11.5 Å². The summed E-state index contributed by atoms with van der Waals surface area (Å²) in [5, 5.41) is 12.6. The van der Waals surface area contributed by atoms with E-state index in [0.717, 1.165) is 6.42 Å². The Morgan fingerprint density at radius 2 is 1.38 bits per heavy atom. The Labute approximate surface area is 248 Å². The molecule has 2 unspecified atom stereocenters. The van der Waals surface area contributed by atoms with Crippen molar-refractivity contribution in [3.05, 3.63) is 23.8 Å². The van der Waals surface area contributed by atoms with Crippen molar-refractivity contribution in [2.75, 3.05) is 26.4 Å². The molecule has 0 heterocycles. The van der Waals surface area contributed by atoms with Crippen molar-refractivity contribution in [3.63, 3.8) is 0 Å². The minimum absolute atomic E-state index is 0.0390. The van der Waals surface area contributed by atoms with Crippen LogP contribution in [0.1, 0.15) is 74.3 Å². The van der Waals surface area contributed by atoms with E-state index >= 15 is 0 Å². The zero-order valence-corrected chi connectivity index (χ0v) is 26.2. The molecule has 42 heavy (non-hydrogen) atoms. The molecule has 0 radical (unpaired) electrons. The molecule has 3 atom stereocenters. The number of carboxylic acids is 1. The van der Waals surface area contributed by atoms with Gasteiger partial charge >= 0.3 is 24.4 Å². The standard InChI is InChI=1S/C30H47NO11/c1-10-19(2)16-37-26(34)40-20(3)15-31-22(25(32)33)13-21-11-12-23(41-27(35)38-17-29(4,5)6)24(14-21)42-28(36)39-18-30(7,8)9/h11-12,14,19-20,22,31H,10,13,15-18H2,1-9H3,(H,32,33)/t19?,20?,22-/m0/s1. The molecule has 12 nitrogen and oxygen atoms in total. The van der Waals surface area contributed by atoms with E-state index in [1.807, 2.05) is 55.4 Å². The second kappa shape index (κ2) is 16.8. The van der Waals surface area contributed by atoms with E-state index < -0.39 is 36.6 Å². The van der Waals surface area contributed by atoms with Gasteiger partial charge in [-0.15, -0.1) is 0 Å². The highest BCUT2D eigenvalue weighted by molar-refractivity contribution is 5.74. The minimum Gasteiger partial charge on any atom is -0.480 e. The molecule has 0 aliphatic rings. The van der Waals surface area contributed by atoms with E-state index in [0.29, 0.717) is 5.56 Å². The number of hydrogen-bond donors (Lipinski definition) is 2. The third-order valence-corrected chi connectivity index (χ3v) is 5.51. The van der Waals surface area contributed by atoms with E-state index in [-0.39, 0.29) is 61.0 Å². The summed E-state index contributed by atoms with van der Waals surface area (Å²) in [7, 11) is 0. The highest BCUT2D eigenvalue weighted by atomic mass is 16.7. The first kappa shape index (κ1) is 36.5. The summed E-state index contributed by atoms with van der Waals surface area (Å²) in [6, 6.07) is 3.20. The SMILES string of the molecule is CCC(C)COC(=O)OC(C)CN[C@@H](Cc1ccc(OC(=O)OCC(C)(C)C)c(OC(=O)OCC(C)(C)C)c1)C(=O)O. The van der Waals surface area contributed by atoms with Crippen molar-refractivity contribution in [3.8, 4) is 11.5 Å². The van der Waals surface area contributed by atoms with Crippen LogP contribution < -0.4 is 14.8 Å². The van der Waals surface area contributed by atoms with Gasteiger partial charge in [-0.2, -0.15) is 0 Å². The minimum atomic E-state index is -1.15. The van der Waals surface area contributed by atoms with Crippen molar-refractivity contribution >= 4 is 24.4 Å². The number of carboxylic acid groups (broad SMARTS) is 1. The van der Waals surface area contributed by atoms with Gasteiger partial charge in [0.15, 0.2) is 11.5 Å². The van der Waals surface area contributed by atoms with Crippen LogP contribution in [0.2, 0.25) is 0 Å². The highest BCUT2D eigenvalue weighted by Gasteiger charge is 2.24. The lowest BCUT2D eigenvalue weighted by atomic mass is 9.99. The van der Waals surface area contributed by atoms with Gasteiger partial charge in [0.2, 0.25) is 0 Å². The summed E-state index contributed by atoms with van der Waals surface area (Å²) in [5.41, 5.74) is -0.164. The lowest BCUT2D eigenvalue weighted by molar-refractivity contribution is -0.139. The third kappa shape index (κ3) is 16.0. The molecule has 238 valence electrons. The molecule has 2 N–H and O–H groups in total. The summed E-state index contributed by atoms with van der Waals surface area (Å²) in [6.45, 7) is 17.3. The van der Waals surface area contributed by atoms with Crippen LogP contribution in [0.4, 0.5) is 14.4 Å². The van der Waals surface area contributed by atoms with Crippen molar-refractivity contribution < 1.29 is 52.7 Å². The Morgan fingerprint density at radius 3 is 1.88 bits per heavy atom. The summed E-state index contributed by atoms with van der Waals surface area (Å²) in [5.74, 6) is -1.21. The molecule has 0 amide bonds. The van der Waals surface area contributed by atoms with E-state index in [9.17, 15) is 24.3 Å². The number of benzene rings is 1. The smallest absolute Gasteiger partial charge is 0.480 e. The zero-order chi connectivity index (χ0) is 32.1. The average molecular weight is 598 g/mol. The molecule has 0 aliphatic carbocycles. The van der Waals surface area contributed by atoms with Crippen LogP contribution in [0.15, 0.2) is 18.2 Å². The number of ether oxygens (including phenoxy) is 6. The Hall–Kier alpha value is -3.54. The maximum absolute atomic E-state index is 12.4. The number of nitrogens with one attached hydrogen (secondary N) is 1. The van der Waals surface area contributed by atoms with Crippen LogP contribution in [-0.2, 0) is 30.2 Å². The van der Waals surface area contributed by atoms with Gasteiger partial charge in [0.05, 0.1) is 19.8 Å². The maximum atomic E-state index is 12.4. The quantitative estimate of drug-likeness (QED) is 0.147. The molecule has 0 aromatic heterocycles. The Kier molecular flexibility index (Phi) is 14.6. The molecular formula is C30H47NO11. The van der Waals surface area contributed by atoms with Gasteiger partial charge in [-0.3, -0.25) is 4.79 Å². The van der Waals surface area contributed by atoms with Gasteiger partial charge < -0.3 is 38.8 Å². The molecule has 0 aliphatic heterocycles. The number of carbonyl (C=O) groups excluding carboxylic acids is 3. The second-order valence-electron chi connectivity index (χ2n) is 12.7. The number of rotatable bonds is 14. The molecular weight excluding hydrogens is 550 g/mol. The fraction of sp³-hybridized carbons (Fsp3) is 0.667. The number of hydrogen-bond acceptors (Lipinski definition) is 11. The first-order valence-corrected chi connectivity index (χ1v) is 14.0. The van der Waals surface area contributed by atoms with Crippen molar-refractivity contribution in [1.82, 2.24) is 5.32 Å². The van der Waals surface area contributed by atoms with Crippen LogP contribution in [0.25, 0.3) is 0 Å². The zero-order valence-electron chi connectivity index (χ0n) is 26.2. The third-order valence-electron chi connectivity index (χ3n) is 5.51. The number of carbonyl (C=O) groups is 4. The summed E-state index contributed by atoms with van der Waals surface area (Å²) < 4.78 is 31.1. The normalized spacial score (nSPS) is 13.7. The first-order valence-electron chi connectivity index (χ1n) is 14.0. The monoisotopic (exact) mass is 597 g/mol. The molecule has 12 heteroatoms. The predicted octanol–water partition coefficient (Wildman–Crippen LogP) is 5.98. The van der Waals surface area contributed by atoms with Gasteiger partial charge in [0.25, 0.3) is 0 Å². The van der Waals surface area contributed by atoms with Gasteiger partial charge in [-0.05, 0) is 47.8 Å². The van der Waals surface area contributed by atoms with Crippen molar-refractivity contribution in [2.45, 2.75) is 87.3 Å². The van der Waals surface area contributed by atoms with Crippen LogP contribution >= 0.6 is 0 Å². The maximum Gasteiger partial charge on any atom is 0.513 e. The molecule has 0 saturated heterocycles. The fourth-order valence-corrected chi connectivity index (χ4v) is 2.99. The predicted molar refractivity (Wildman–Crippen MR) is 154 cm³/mol. The van der Waals surface area contributed by atoms with Gasteiger partial charge in [-0.25, -0.2) is 14.4 Å². The van der Waals surface area contributed by atoms with Gasteiger partial charge in [0, 0.05) is 6.54 Å². The highest BCUT2D eigenvalue weighted by Crippen LogP contribution is 2.30. The molecule has 0 bridgehead atoms. The van der Waals surface area contributed by atoms with Crippen molar-refractivity contribution in [1.29, 1.82) is 0 Å². The fourth-order valence-electron chi connectivity index (χ4n) is 2.99. The van der Waals surface area contributed by atoms with E-state index in [1.165, 1.54) is 18.2 Å². The topological polar surface area (TPSA) is 156 Å². The molecule has 0 saturated carbocycles. The van der Waals surface area contributed by atoms with E-state index in [1.54, 1.807) is 6.92 Å². The van der Waals surface area contributed by atoms with E-state index in [4.69, 9.17) is 28.4 Å². The largest absolute Gasteiger partial charge is 0.513 e. The van der Waals surface area contributed by atoms with Gasteiger partial charge in [0.1, 0.15) is 12.1 Å². The summed E-state index contributed by atoms with van der Waals surface area (Å²) in [6.07, 6.45) is -2.69. The molecule has 0 spiro atoms. The lowest BCUT2D eigenvalue weighted by Crippen LogP contribution is -2.42. The van der Waals surface area contributed by atoms with Crippen LogP contribution in [-0.4, -0.2) is 68.1 Å². The van der Waals surface area contributed by atoms with Gasteiger partial charge in [-0.1, -0.05) is 67.9 Å². The molecule has 0 fully saturated rings. The van der Waals surface area contributed by atoms with Crippen LogP contribution in [0.3, 0.4) is 0 Å².